The molecule has 0 spiro atoms. The van der Waals surface area contributed by atoms with Crippen molar-refractivity contribution in [1.82, 2.24) is 0 Å². The van der Waals surface area contributed by atoms with E-state index in [1.807, 2.05) is 0 Å². The van der Waals surface area contributed by atoms with Gasteiger partial charge in [0.05, 0.1) is 0 Å². The van der Waals surface area contributed by atoms with Gasteiger partial charge in [-0.2, -0.15) is 0 Å². The predicted octanol–water partition coefficient (Wildman–Crippen LogP) is 2.88. The van der Waals surface area contributed by atoms with Crippen LogP contribution in [0.2, 0.25) is 0 Å². The Morgan fingerprint density at radius 1 is 0.737 bits per heavy atom. The lowest BCUT2D eigenvalue weighted by atomic mass is 9.99. The van der Waals surface area contributed by atoms with E-state index >= 15 is 0 Å². The molecule has 0 fully saturated rings. The molecule has 0 atom stereocenters. The van der Waals surface area contributed by atoms with Crippen LogP contribution in [0.25, 0.3) is 0 Å². The largest absolute Gasteiger partial charge is 0.213 e. The van der Waals surface area contributed by atoms with Gasteiger partial charge in [0.2, 0.25) is 8.80 Å². The van der Waals surface area contributed by atoms with Crippen LogP contribution < -0.4 is 10.4 Å². The number of rotatable bonds is 2. The predicted molar refractivity (Wildman–Crippen MR) is 85.1 cm³/mol. The maximum absolute atomic E-state index is 3.54. The molecule has 0 heterocycles. The van der Waals surface area contributed by atoms with Gasteiger partial charge in [-0.25, -0.2) is 0 Å². The number of hydrogen-bond acceptors (Lipinski definition) is 0. The molecule has 0 nitrogen and oxygen atoms in total. The molecule has 0 saturated carbocycles. The summed E-state index contributed by atoms with van der Waals surface area (Å²) >= 11 is 0. The molecule has 2 rings (SSSR count). The average molecular weight is 263 g/mol. The molecule has 0 N–H and O–H groups in total. The van der Waals surface area contributed by atoms with Crippen LogP contribution in [0.4, 0.5) is 0 Å². The zero-order chi connectivity index (χ0) is 13.7. The minimum absolute atomic E-state index is 0.0550. The first-order chi connectivity index (χ1) is 9.06. The second-order valence-electron chi connectivity index (χ2n) is 5.61. The standard InChI is InChI=1S/C18H19Si/c1-18(2,3)14-15-19(16-10-6-4-7-11-16)17-12-8-5-9-13-17/h4-13H,1-3H3. The quantitative estimate of drug-likeness (QED) is 0.577. The van der Waals surface area contributed by atoms with Gasteiger partial charge in [-0.1, -0.05) is 60.7 Å². The fourth-order valence-corrected chi connectivity index (χ4v) is 3.94. The summed E-state index contributed by atoms with van der Waals surface area (Å²) in [4.78, 5) is 0. The first kappa shape index (κ1) is 13.6. The third kappa shape index (κ3) is 4.12. The third-order valence-electron chi connectivity index (χ3n) is 2.69. The van der Waals surface area contributed by atoms with Gasteiger partial charge < -0.3 is 0 Å². The average Bonchev–Trinajstić information content (AvgIpc) is 2.40. The van der Waals surface area contributed by atoms with E-state index in [0.29, 0.717) is 0 Å². The minimum atomic E-state index is -0.994. The third-order valence-corrected chi connectivity index (χ3v) is 4.88. The van der Waals surface area contributed by atoms with E-state index in [2.05, 4.69) is 92.9 Å². The van der Waals surface area contributed by atoms with Gasteiger partial charge in [0.1, 0.15) is 0 Å². The Bertz CT molecular complexity index is 528. The lowest BCUT2D eigenvalue weighted by molar-refractivity contribution is 0.571. The molecule has 19 heavy (non-hydrogen) atoms. The monoisotopic (exact) mass is 263 g/mol. The van der Waals surface area contributed by atoms with Gasteiger partial charge in [0.25, 0.3) is 0 Å². The van der Waals surface area contributed by atoms with Crippen LogP contribution in [0.5, 0.6) is 0 Å². The summed E-state index contributed by atoms with van der Waals surface area (Å²) in [6.45, 7) is 6.49. The fourth-order valence-electron chi connectivity index (χ4n) is 1.77. The summed E-state index contributed by atoms with van der Waals surface area (Å²) in [7, 11) is -0.994. The van der Waals surface area contributed by atoms with Crippen LogP contribution in [-0.2, 0) is 0 Å². The molecule has 0 bridgehead atoms. The zero-order valence-corrected chi connectivity index (χ0v) is 12.8. The highest BCUT2D eigenvalue weighted by Gasteiger charge is 2.15. The van der Waals surface area contributed by atoms with Crippen LogP contribution in [0.1, 0.15) is 20.8 Å². The van der Waals surface area contributed by atoms with Crippen LogP contribution >= 0.6 is 0 Å². The van der Waals surface area contributed by atoms with Crippen LogP contribution in [-0.4, -0.2) is 8.80 Å². The van der Waals surface area contributed by atoms with Crippen molar-refractivity contribution in [3.8, 4) is 11.5 Å². The van der Waals surface area contributed by atoms with Gasteiger partial charge >= 0.3 is 0 Å². The highest BCUT2D eigenvalue weighted by molar-refractivity contribution is 6.91. The van der Waals surface area contributed by atoms with E-state index in [1.165, 1.54) is 10.4 Å². The Morgan fingerprint density at radius 3 is 1.53 bits per heavy atom. The van der Waals surface area contributed by atoms with Crippen molar-refractivity contribution in [3.05, 3.63) is 60.7 Å². The molecular formula is C18H19Si. The van der Waals surface area contributed by atoms with E-state index in [9.17, 15) is 0 Å². The van der Waals surface area contributed by atoms with Crippen LogP contribution in [0.3, 0.4) is 0 Å². The zero-order valence-electron chi connectivity index (χ0n) is 11.8. The maximum atomic E-state index is 3.54. The maximum Gasteiger partial charge on any atom is 0.213 e. The lowest BCUT2D eigenvalue weighted by Gasteiger charge is -2.12. The Labute approximate surface area is 118 Å². The number of hydrogen-bond donors (Lipinski definition) is 0. The molecule has 0 amide bonds. The second-order valence-corrected chi connectivity index (χ2v) is 7.76. The molecule has 0 aromatic heterocycles. The molecule has 0 aliphatic carbocycles. The van der Waals surface area contributed by atoms with Crippen molar-refractivity contribution in [2.45, 2.75) is 20.8 Å². The van der Waals surface area contributed by atoms with E-state index < -0.39 is 8.80 Å². The topological polar surface area (TPSA) is 0 Å². The van der Waals surface area contributed by atoms with Crippen LogP contribution in [0.15, 0.2) is 60.7 Å². The van der Waals surface area contributed by atoms with Crippen molar-refractivity contribution < 1.29 is 0 Å². The Balaban J connectivity index is 2.42. The highest BCUT2D eigenvalue weighted by Crippen LogP contribution is 2.09. The Kier molecular flexibility index (Phi) is 4.24. The normalized spacial score (nSPS) is 10.9. The summed E-state index contributed by atoms with van der Waals surface area (Å²) in [5.41, 5.74) is 3.60. The van der Waals surface area contributed by atoms with Crippen molar-refractivity contribution in [1.29, 1.82) is 0 Å². The molecule has 95 valence electrons. The molecule has 2 aromatic carbocycles. The first-order valence-corrected chi connectivity index (χ1v) is 8.07. The Morgan fingerprint density at radius 2 is 1.16 bits per heavy atom. The van der Waals surface area contributed by atoms with Gasteiger partial charge in [-0.3, -0.25) is 0 Å². The second kappa shape index (κ2) is 5.91. The smallest absolute Gasteiger partial charge is 0.121 e. The van der Waals surface area contributed by atoms with Crippen molar-refractivity contribution in [2.75, 3.05) is 0 Å². The number of benzene rings is 2. The Hall–Kier alpha value is -1.78. The van der Waals surface area contributed by atoms with Crippen molar-refractivity contribution >= 4 is 19.2 Å². The lowest BCUT2D eigenvalue weighted by Crippen LogP contribution is -2.41. The molecule has 2 aromatic rings. The molecule has 0 aliphatic heterocycles. The highest BCUT2D eigenvalue weighted by atomic mass is 28.3. The molecular weight excluding hydrogens is 244 g/mol. The molecule has 0 saturated heterocycles. The molecule has 0 aliphatic rings. The minimum Gasteiger partial charge on any atom is -0.121 e. The molecule has 1 radical (unpaired) electrons. The van der Waals surface area contributed by atoms with Gasteiger partial charge in [0.15, 0.2) is 0 Å². The summed E-state index contributed by atoms with van der Waals surface area (Å²) in [6.07, 6.45) is 0. The summed E-state index contributed by atoms with van der Waals surface area (Å²) < 4.78 is 0. The van der Waals surface area contributed by atoms with Crippen molar-refractivity contribution in [3.63, 3.8) is 0 Å². The molecule has 0 unspecified atom stereocenters. The van der Waals surface area contributed by atoms with Crippen molar-refractivity contribution in [2.24, 2.45) is 5.41 Å². The molecule has 1 heteroatoms. The van der Waals surface area contributed by atoms with Gasteiger partial charge in [0, 0.05) is 5.41 Å². The SMILES string of the molecule is CC(C)(C)C#C[Si](c1ccccc1)c1ccccc1. The van der Waals surface area contributed by atoms with Gasteiger partial charge in [-0.05, 0) is 31.1 Å². The summed E-state index contributed by atoms with van der Waals surface area (Å²) in [6, 6.07) is 21.3. The summed E-state index contributed by atoms with van der Waals surface area (Å²) in [5.74, 6) is 3.41. The first-order valence-electron chi connectivity index (χ1n) is 6.57. The van der Waals surface area contributed by atoms with E-state index in [-0.39, 0.29) is 5.41 Å². The van der Waals surface area contributed by atoms with E-state index in [0.717, 1.165) is 0 Å². The van der Waals surface area contributed by atoms with E-state index in [1.54, 1.807) is 0 Å². The fraction of sp³-hybridized carbons (Fsp3) is 0.222. The van der Waals surface area contributed by atoms with Gasteiger partial charge in [-0.15, -0.1) is 11.5 Å². The van der Waals surface area contributed by atoms with E-state index in [4.69, 9.17) is 0 Å². The van der Waals surface area contributed by atoms with Crippen LogP contribution in [0, 0.1) is 16.9 Å². The summed E-state index contributed by atoms with van der Waals surface area (Å²) in [5, 5.41) is 2.71.